The summed E-state index contributed by atoms with van der Waals surface area (Å²) in [5, 5.41) is 12.4. The Balaban J connectivity index is 1.71. The predicted molar refractivity (Wildman–Crippen MR) is 146 cm³/mol. The largest absolute Gasteiger partial charge is 0.507 e. The van der Waals surface area contributed by atoms with E-state index in [9.17, 15) is 14.7 Å². The number of aromatic amines is 1. The number of fused-ring (bicyclic) bond motifs is 1. The highest BCUT2D eigenvalue weighted by Crippen LogP contribution is 2.44. The van der Waals surface area contributed by atoms with Crippen LogP contribution in [0, 0.1) is 6.92 Å². The van der Waals surface area contributed by atoms with Crippen LogP contribution in [0.2, 0.25) is 0 Å². The molecular formula is C30H29N3O4. The topological polar surface area (TPSA) is 85.9 Å². The number of nitrogens with zero attached hydrogens (tertiary/aromatic N) is 2. The molecule has 0 bridgehead atoms. The van der Waals surface area contributed by atoms with E-state index in [1.165, 1.54) is 4.90 Å². The lowest BCUT2D eigenvalue weighted by molar-refractivity contribution is -0.132. The van der Waals surface area contributed by atoms with Gasteiger partial charge in [-0.05, 0) is 67.9 Å². The quantitative estimate of drug-likeness (QED) is 0.208. The molecule has 37 heavy (non-hydrogen) atoms. The summed E-state index contributed by atoms with van der Waals surface area (Å²) in [4.78, 5) is 33.7. The van der Waals surface area contributed by atoms with Crippen LogP contribution in [-0.4, -0.2) is 42.5 Å². The maximum Gasteiger partial charge on any atom is 0.300 e. The summed E-state index contributed by atoms with van der Waals surface area (Å²) in [6.07, 6.45) is 1.80. The van der Waals surface area contributed by atoms with Gasteiger partial charge in [0.25, 0.3) is 11.7 Å². The summed E-state index contributed by atoms with van der Waals surface area (Å²) in [6, 6.07) is 19.6. The van der Waals surface area contributed by atoms with Gasteiger partial charge in [0.05, 0.1) is 18.2 Å². The van der Waals surface area contributed by atoms with Gasteiger partial charge in [0, 0.05) is 53.7 Å². The summed E-state index contributed by atoms with van der Waals surface area (Å²) in [7, 11) is 3.87. The second-order valence-electron chi connectivity index (χ2n) is 9.28. The maximum absolute atomic E-state index is 13.5. The maximum atomic E-state index is 13.5. The third-order valence-electron chi connectivity index (χ3n) is 6.75. The van der Waals surface area contributed by atoms with E-state index in [1.807, 2.05) is 81.4 Å². The number of Topliss-reactive ketones (excluding diaryl/α,β-unsaturated/α-hetero) is 1. The number of ketones is 1. The number of aliphatic hydroxyl groups excluding tert-OH is 1. The van der Waals surface area contributed by atoms with Crippen LogP contribution >= 0.6 is 0 Å². The molecule has 1 saturated heterocycles. The zero-order valence-corrected chi connectivity index (χ0v) is 21.3. The lowest BCUT2D eigenvalue weighted by atomic mass is 9.94. The van der Waals surface area contributed by atoms with Crippen LogP contribution in [0.3, 0.4) is 0 Å². The number of carbonyl (C=O) groups is 2. The van der Waals surface area contributed by atoms with Crippen molar-refractivity contribution in [1.82, 2.24) is 4.98 Å². The van der Waals surface area contributed by atoms with Gasteiger partial charge in [0.2, 0.25) is 0 Å². The van der Waals surface area contributed by atoms with Crippen molar-refractivity contribution in [1.29, 1.82) is 0 Å². The Labute approximate surface area is 215 Å². The highest BCUT2D eigenvalue weighted by atomic mass is 16.5. The van der Waals surface area contributed by atoms with Gasteiger partial charge in [0.1, 0.15) is 11.5 Å². The van der Waals surface area contributed by atoms with Gasteiger partial charge in [0.15, 0.2) is 0 Å². The number of nitrogens with one attached hydrogen (secondary N) is 1. The minimum absolute atomic E-state index is 0.0509. The van der Waals surface area contributed by atoms with Crippen molar-refractivity contribution in [3.63, 3.8) is 0 Å². The molecule has 1 atom stereocenters. The Morgan fingerprint density at radius 2 is 1.78 bits per heavy atom. The SMILES string of the molecule is CCOc1ccc(/C(O)=C2\C(=O)C(=O)N(c3ccc(N(C)C)cc3)C2c2c[nH]c3ccccc23)cc1C. The zero-order valence-electron chi connectivity index (χ0n) is 21.3. The minimum Gasteiger partial charge on any atom is -0.507 e. The normalized spacial score (nSPS) is 17.0. The third-order valence-corrected chi connectivity index (χ3v) is 6.75. The average Bonchev–Trinajstić information content (AvgIpc) is 3.43. The van der Waals surface area contributed by atoms with E-state index in [4.69, 9.17) is 4.74 Å². The zero-order chi connectivity index (χ0) is 26.3. The molecule has 188 valence electrons. The first-order chi connectivity index (χ1) is 17.8. The molecule has 3 aromatic carbocycles. The Hall–Kier alpha value is -4.52. The van der Waals surface area contributed by atoms with Gasteiger partial charge in [-0.1, -0.05) is 18.2 Å². The summed E-state index contributed by atoms with van der Waals surface area (Å²) in [6.45, 7) is 4.30. The lowest BCUT2D eigenvalue weighted by Gasteiger charge is -2.25. The number of aryl methyl sites for hydroxylation is 1. The number of aromatic nitrogens is 1. The van der Waals surface area contributed by atoms with Crippen molar-refractivity contribution in [3.8, 4) is 5.75 Å². The molecule has 1 fully saturated rings. The molecule has 4 aromatic rings. The predicted octanol–water partition coefficient (Wildman–Crippen LogP) is 5.57. The van der Waals surface area contributed by atoms with Crippen LogP contribution < -0.4 is 14.5 Å². The number of H-pyrrole nitrogens is 1. The molecule has 0 saturated carbocycles. The highest BCUT2D eigenvalue weighted by Gasteiger charge is 2.47. The lowest BCUT2D eigenvalue weighted by Crippen LogP contribution is -2.29. The molecular weight excluding hydrogens is 466 g/mol. The van der Waals surface area contributed by atoms with E-state index >= 15 is 0 Å². The number of aliphatic hydroxyl groups is 1. The Bertz CT molecular complexity index is 1530. The molecule has 1 aromatic heterocycles. The van der Waals surface area contributed by atoms with Crippen molar-refractivity contribution in [2.24, 2.45) is 0 Å². The van der Waals surface area contributed by atoms with Gasteiger partial charge in [-0.2, -0.15) is 0 Å². The first-order valence-corrected chi connectivity index (χ1v) is 12.2. The van der Waals surface area contributed by atoms with E-state index in [2.05, 4.69) is 4.98 Å². The molecule has 2 N–H and O–H groups in total. The molecule has 0 aliphatic carbocycles. The molecule has 1 aliphatic rings. The molecule has 1 aliphatic heterocycles. The number of anilines is 2. The Morgan fingerprint density at radius 1 is 1.05 bits per heavy atom. The molecule has 7 nitrogen and oxygen atoms in total. The van der Waals surface area contributed by atoms with Gasteiger partial charge < -0.3 is 19.7 Å². The summed E-state index contributed by atoms with van der Waals surface area (Å²) < 4.78 is 5.63. The number of hydrogen-bond acceptors (Lipinski definition) is 5. The minimum atomic E-state index is -0.812. The van der Waals surface area contributed by atoms with Gasteiger partial charge in [-0.3, -0.25) is 14.5 Å². The van der Waals surface area contributed by atoms with E-state index < -0.39 is 17.7 Å². The van der Waals surface area contributed by atoms with Crippen molar-refractivity contribution < 1.29 is 19.4 Å². The van der Waals surface area contributed by atoms with Gasteiger partial charge >= 0.3 is 0 Å². The monoisotopic (exact) mass is 495 g/mol. The third kappa shape index (κ3) is 4.12. The molecule has 0 radical (unpaired) electrons. The van der Waals surface area contributed by atoms with Crippen molar-refractivity contribution in [2.45, 2.75) is 19.9 Å². The highest BCUT2D eigenvalue weighted by molar-refractivity contribution is 6.51. The molecule has 0 spiro atoms. The van der Waals surface area contributed by atoms with Gasteiger partial charge in [-0.25, -0.2) is 0 Å². The number of rotatable bonds is 6. The number of carbonyl (C=O) groups excluding carboxylic acids is 2. The fourth-order valence-electron chi connectivity index (χ4n) is 4.89. The molecule has 1 amide bonds. The summed E-state index contributed by atoms with van der Waals surface area (Å²) in [5.74, 6) is -0.922. The van der Waals surface area contributed by atoms with Crippen LogP contribution in [0.5, 0.6) is 5.75 Å². The number of benzene rings is 3. The number of hydrogen-bond donors (Lipinski definition) is 2. The molecule has 2 heterocycles. The van der Waals surface area contributed by atoms with E-state index in [0.29, 0.717) is 23.6 Å². The van der Waals surface area contributed by atoms with Gasteiger partial charge in [-0.15, -0.1) is 0 Å². The number of amides is 1. The van der Waals surface area contributed by atoms with Crippen LogP contribution in [0.15, 0.2) is 78.5 Å². The van der Waals surface area contributed by atoms with E-state index in [0.717, 1.165) is 27.7 Å². The van der Waals surface area contributed by atoms with Crippen molar-refractivity contribution >= 4 is 39.7 Å². The second-order valence-corrected chi connectivity index (χ2v) is 9.28. The smallest absolute Gasteiger partial charge is 0.300 e. The van der Waals surface area contributed by atoms with Crippen LogP contribution in [0.25, 0.3) is 16.7 Å². The van der Waals surface area contributed by atoms with Crippen LogP contribution in [-0.2, 0) is 9.59 Å². The second kappa shape index (κ2) is 9.50. The molecule has 5 rings (SSSR count). The fraction of sp³-hybridized carbons (Fsp3) is 0.200. The van der Waals surface area contributed by atoms with E-state index in [1.54, 1.807) is 24.4 Å². The summed E-state index contributed by atoms with van der Waals surface area (Å²) >= 11 is 0. The molecule has 1 unspecified atom stereocenters. The average molecular weight is 496 g/mol. The fourth-order valence-corrected chi connectivity index (χ4v) is 4.89. The Kier molecular flexibility index (Phi) is 6.21. The van der Waals surface area contributed by atoms with Crippen molar-refractivity contribution in [3.05, 3.63) is 95.2 Å². The van der Waals surface area contributed by atoms with E-state index in [-0.39, 0.29) is 11.3 Å². The first-order valence-electron chi connectivity index (χ1n) is 12.2. The molecule has 7 heteroatoms. The number of ether oxygens (including phenoxy) is 1. The standard InChI is InChI=1S/C30H29N3O4/c1-5-37-25-15-10-19(16-18(25)2)28(34)26-27(23-17-31-24-9-7-6-8-22(23)24)33(30(36)29(26)35)21-13-11-20(12-14-21)32(3)4/h6-17,27,31,34H,5H2,1-4H3/b28-26+. The van der Waals surface area contributed by atoms with Crippen LogP contribution in [0.4, 0.5) is 11.4 Å². The first kappa shape index (κ1) is 24.2. The van der Waals surface area contributed by atoms with Crippen molar-refractivity contribution in [2.75, 3.05) is 30.5 Å². The number of para-hydroxylation sites is 1. The summed E-state index contributed by atoms with van der Waals surface area (Å²) in [5.41, 5.74) is 4.47. The van der Waals surface area contributed by atoms with Crippen LogP contribution in [0.1, 0.15) is 29.7 Å². The Morgan fingerprint density at radius 3 is 2.46 bits per heavy atom.